The Balaban J connectivity index is 1.53. The lowest BCUT2D eigenvalue weighted by molar-refractivity contribution is -0.116. The summed E-state index contributed by atoms with van der Waals surface area (Å²) in [4.78, 5) is 22.0. The standard InChI is InChI=1S/C21H20ClN3OS/c1-14-13-15(2)24-21(23-14)27-19-10-8-18(9-11-19)25-20(26)12-5-16-3-6-17(22)7-4-16/h3-4,6-11,13H,5,12H2,1-2H3,(H,25,26). The molecule has 0 radical (unpaired) electrons. The van der Waals surface area contributed by atoms with Crippen molar-refractivity contribution in [1.29, 1.82) is 0 Å². The fraction of sp³-hybridized carbons (Fsp3) is 0.190. The highest BCUT2D eigenvalue weighted by molar-refractivity contribution is 7.99. The molecule has 1 amide bonds. The van der Waals surface area contributed by atoms with Gasteiger partial charge >= 0.3 is 0 Å². The topological polar surface area (TPSA) is 54.9 Å². The van der Waals surface area contributed by atoms with Crippen molar-refractivity contribution in [2.45, 2.75) is 36.7 Å². The predicted octanol–water partition coefficient (Wildman–Crippen LogP) is 5.47. The summed E-state index contributed by atoms with van der Waals surface area (Å²) in [7, 11) is 0. The summed E-state index contributed by atoms with van der Waals surface area (Å²) < 4.78 is 0. The minimum atomic E-state index is -0.0111. The smallest absolute Gasteiger partial charge is 0.224 e. The highest BCUT2D eigenvalue weighted by atomic mass is 35.5. The number of nitrogens with one attached hydrogen (secondary N) is 1. The highest BCUT2D eigenvalue weighted by Gasteiger charge is 2.06. The van der Waals surface area contributed by atoms with Crippen LogP contribution in [0.3, 0.4) is 0 Å². The van der Waals surface area contributed by atoms with E-state index in [4.69, 9.17) is 11.6 Å². The summed E-state index contributed by atoms with van der Waals surface area (Å²) >= 11 is 7.38. The zero-order chi connectivity index (χ0) is 19.2. The van der Waals surface area contributed by atoms with Crippen LogP contribution >= 0.6 is 23.4 Å². The Bertz CT molecular complexity index is 907. The normalized spacial score (nSPS) is 10.6. The molecule has 0 fully saturated rings. The minimum absolute atomic E-state index is 0.0111. The van der Waals surface area contributed by atoms with E-state index in [0.717, 1.165) is 32.7 Å². The first-order chi connectivity index (χ1) is 13.0. The van der Waals surface area contributed by atoms with Crippen molar-refractivity contribution in [3.8, 4) is 0 Å². The van der Waals surface area contributed by atoms with Gasteiger partial charge in [-0.3, -0.25) is 4.79 Å². The second-order valence-corrected chi connectivity index (χ2v) is 7.71. The Morgan fingerprint density at radius 2 is 1.63 bits per heavy atom. The molecule has 3 aromatic rings. The van der Waals surface area contributed by atoms with Crippen LogP contribution in [-0.2, 0) is 11.2 Å². The number of aryl methyl sites for hydroxylation is 3. The van der Waals surface area contributed by atoms with Crippen LogP contribution in [0, 0.1) is 13.8 Å². The number of nitrogens with zero attached hydrogens (tertiary/aromatic N) is 2. The van der Waals surface area contributed by atoms with E-state index in [1.165, 1.54) is 11.8 Å². The first kappa shape index (κ1) is 19.4. The van der Waals surface area contributed by atoms with Crippen molar-refractivity contribution in [2.24, 2.45) is 0 Å². The van der Waals surface area contributed by atoms with Gasteiger partial charge in [0.1, 0.15) is 0 Å². The van der Waals surface area contributed by atoms with E-state index in [-0.39, 0.29) is 5.91 Å². The molecule has 1 heterocycles. The molecule has 2 aromatic carbocycles. The maximum Gasteiger partial charge on any atom is 0.224 e. The van der Waals surface area contributed by atoms with E-state index in [2.05, 4.69) is 15.3 Å². The van der Waals surface area contributed by atoms with Crippen LogP contribution in [0.5, 0.6) is 0 Å². The first-order valence-corrected chi connectivity index (χ1v) is 9.82. The number of amides is 1. The summed E-state index contributed by atoms with van der Waals surface area (Å²) in [6, 6.07) is 17.2. The van der Waals surface area contributed by atoms with Crippen molar-refractivity contribution >= 4 is 35.0 Å². The zero-order valence-corrected chi connectivity index (χ0v) is 16.8. The average molecular weight is 398 g/mol. The third-order valence-corrected chi connectivity index (χ3v) is 4.99. The minimum Gasteiger partial charge on any atom is -0.326 e. The van der Waals surface area contributed by atoms with E-state index >= 15 is 0 Å². The van der Waals surface area contributed by atoms with Gasteiger partial charge in [0.2, 0.25) is 5.91 Å². The van der Waals surface area contributed by atoms with Gasteiger partial charge in [0, 0.05) is 33.4 Å². The Morgan fingerprint density at radius 1 is 1.00 bits per heavy atom. The molecule has 0 bridgehead atoms. The largest absolute Gasteiger partial charge is 0.326 e. The molecule has 0 aliphatic rings. The number of hydrogen-bond donors (Lipinski definition) is 1. The Labute approximate surface area is 168 Å². The maximum absolute atomic E-state index is 12.1. The second kappa shape index (κ2) is 9.02. The van der Waals surface area contributed by atoms with Gasteiger partial charge in [-0.1, -0.05) is 23.7 Å². The molecular formula is C21H20ClN3OS. The van der Waals surface area contributed by atoms with Gasteiger partial charge in [0.25, 0.3) is 0 Å². The van der Waals surface area contributed by atoms with Crippen LogP contribution in [0.25, 0.3) is 0 Å². The lowest BCUT2D eigenvalue weighted by atomic mass is 10.1. The summed E-state index contributed by atoms with van der Waals surface area (Å²) in [5.74, 6) is -0.0111. The number of halogens is 1. The van der Waals surface area contributed by atoms with Gasteiger partial charge in [-0.25, -0.2) is 9.97 Å². The summed E-state index contributed by atoms with van der Waals surface area (Å²) in [6.45, 7) is 3.92. The highest BCUT2D eigenvalue weighted by Crippen LogP contribution is 2.26. The third-order valence-electron chi connectivity index (χ3n) is 3.86. The molecule has 0 spiro atoms. The predicted molar refractivity (Wildman–Crippen MR) is 110 cm³/mol. The fourth-order valence-corrected chi connectivity index (χ4v) is 3.57. The summed E-state index contributed by atoms with van der Waals surface area (Å²) in [5, 5.41) is 4.36. The number of carbonyl (C=O) groups excluding carboxylic acids is 1. The average Bonchev–Trinajstić information content (AvgIpc) is 2.62. The molecule has 1 N–H and O–H groups in total. The molecule has 3 rings (SSSR count). The Morgan fingerprint density at radius 3 is 2.26 bits per heavy atom. The molecule has 0 aliphatic carbocycles. The molecule has 6 heteroatoms. The lowest BCUT2D eigenvalue weighted by Crippen LogP contribution is -2.12. The molecule has 0 saturated heterocycles. The van der Waals surface area contributed by atoms with E-state index in [9.17, 15) is 4.79 Å². The Hall–Kier alpha value is -2.37. The molecule has 0 unspecified atom stereocenters. The van der Waals surface area contributed by atoms with Crippen LogP contribution < -0.4 is 5.32 Å². The van der Waals surface area contributed by atoms with Crippen molar-refractivity contribution in [3.63, 3.8) is 0 Å². The monoisotopic (exact) mass is 397 g/mol. The fourth-order valence-electron chi connectivity index (χ4n) is 2.58. The molecule has 0 saturated carbocycles. The van der Waals surface area contributed by atoms with E-state index in [1.807, 2.05) is 68.4 Å². The number of aromatic nitrogens is 2. The second-order valence-electron chi connectivity index (χ2n) is 6.23. The van der Waals surface area contributed by atoms with Crippen molar-refractivity contribution < 1.29 is 4.79 Å². The Kier molecular flexibility index (Phi) is 6.48. The van der Waals surface area contributed by atoms with E-state index in [0.29, 0.717) is 17.9 Å². The number of carbonyl (C=O) groups is 1. The number of rotatable bonds is 6. The number of benzene rings is 2. The van der Waals surface area contributed by atoms with Gasteiger partial charge in [-0.15, -0.1) is 0 Å². The van der Waals surface area contributed by atoms with Crippen LogP contribution in [0.1, 0.15) is 23.4 Å². The van der Waals surface area contributed by atoms with Crippen LogP contribution in [0.2, 0.25) is 5.02 Å². The number of hydrogen-bond acceptors (Lipinski definition) is 4. The van der Waals surface area contributed by atoms with Crippen LogP contribution in [0.4, 0.5) is 5.69 Å². The summed E-state index contributed by atoms with van der Waals surface area (Å²) in [5.41, 5.74) is 3.78. The van der Waals surface area contributed by atoms with Crippen molar-refractivity contribution in [3.05, 3.63) is 76.6 Å². The molecule has 27 heavy (non-hydrogen) atoms. The van der Waals surface area contributed by atoms with Gasteiger partial charge in [-0.05, 0) is 80.1 Å². The quantitative estimate of drug-likeness (QED) is 0.560. The molecule has 4 nitrogen and oxygen atoms in total. The van der Waals surface area contributed by atoms with Gasteiger partial charge in [0.15, 0.2) is 5.16 Å². The maximum atomic E-state index is 12.1. The zero-order valence-electron chi connectivity index (χ0n) is 15.2. The molecule has 138 valence electrons. The molecule has 1 aromatic heterocycles. The van der Waals surface area contributed by atoms with Gasteiger partial charge in [0.05, 0.1) is 0 Å². The lowest BCUT2D eigenvalue weighted by Gasteiger charge is -2.07. The first-order valence-electron chi connectivity index (χ1n) is 8.62. The van der Waals surface area contributed by atoms with Crippen LogP contribution in [0.15, 0.2) is 64.6 Å². The molecular weight excluding hydrogens is 378 g/mol. The number of anilines is 1. The molecule has 0 aliphatic heterocycles. The van der Waals surface area contributed by atoms with Crippen LogP contribution in [-0.4, -0.2) is 15.9 Å². The van der Waals surface area contributed by atoms with Gasteiger partial charge in [-0.2, -0.15) is 0 Å². The molecule has 0 atom stereocenters. The SMILES string of the molecule is Cc1cc(C)nc(Sc2ccc(NC(=O)CCc3ccc(Cl)cc3)cc2)n1. The van der Waals surface area contributed by atoms with E-state index in [1.54, 1.807) is 0 Å². The summed E-state index contributed by atoms with van der Waals surface area (Å²) in [6.07, 6.45) is 1.11. The van der Waals surface area contributed by atoms with Crippen molar-refractivity contribution in [1.82, 2.24) is 9.97 Å². The van der Waals surface area contributed by atoms with Gasteiger partial charge < -0.3 is 5.32 Å². The van der Waals surface area contributed by atoms with Crippen molar-refractivity contribution in [2.75, 3.05) is 5.32 Å². The third kappa shape index (κ3) is 6.08. The van der Waals surface area contributed by atoms with E-state index < -0.39 is 0 Å².